The van der Waals surface area contributed by atoms with Crippen molar-refractivity contribution in [3.63, 3.8) is 0 Å². The lowest BCUT2D eigenvalue weighted by Crippen LogP contribution is -2.37. The maximum Gasteiger partial charge on any atom is 0.183 e. The summed E-state index contributed by atoms with van der Waals surface area (Å²) >= 11 is 7.79. The Kier molecular flexibility index (Phi) is 4.73. The molecule has 6 heteroatoms. The number of anilines is 1. The SMILES string of the molecule is Clc1cccc2sc(NCCCN3CCOCC3)nc12. The molecule has 1 saturated heterocycles. The lowest BCUT2D eigenvalue weighted by molar-refractivity contribution is 0.0378. The fourth-order valence-electron chi connectivity index (χ4n) is 2.31. The summed E-state index contributed by atoms with van der Waals surface area (Å²) in [5, 5.41) is 5.07. The van der Waals surface area contributed by atoms with Gasteiger partial charge in [-0.1, -0.05) is 29.0 Å². The minimum absolute atomic E-state index is 0.722. The maximum atomic E-state index is 6.13. The molecule has 0 unspecified atom stereocenters. The lowest BCUT2D eigenvalue weighted by atomic mass is 10.3. The van der Waals surface area contributed by atoms with Crippen LogP contribution < -0.4 is 5.32 Å². The van der Waals surface area contributed by atoms with Crippen LogP contribution in [0.25, 0.3) is 10.2 Å². The number of nitrogens with one attached hydrogen (secondary N) is 1. The Labute approximate surface area is 127 Å². The average molecular weight is 312 g/mol. The van der Waals surface area contributed by atoms with Crippen molar-refractivity contribution in [1.29, 1.82) is 0 Å². The second kappa shape index (κ2) is 6.72. The van der Waals surface area contributed by atoms with Crippen LogP contribution in [-0.4, -0.2) is 49.3 Å². The lowest BCUT2D eigenvalue weighted by Gasteiger charge is -2.26. The molecule has 0 saturated carbocycles. The van der Waals surface area contributed by atoms with Crippen molar-refractivity contribution in [2.75, 3.05) is 44.7 Å². The zero-order valence-electron chi connectivity index (χ0n) is 11.3. The number of para-hydroxylation sites is 1. The summed E-state index contributed by atoms with van der Waals surface area (Å²) in [7, 11) is 0. The Balaban J connectivity index is 1.48. The highest BCUT2D eigenvalue weighted by molar-refractivity contribution is 7.22. The van der Waals surface area contributed by atoms with E-state index in [9.17, 15) is 0 Å². The van der Waals surface area contributed by atoms with Crippen LogP contribution in [0.5, 0.6) is 0 Å². The van der Waals surface area contributed by atoms with E-state index in [4.69, 9.17) is 16.3 Å². The van der Waals surface area contributed by atoms with Crippen molar-refractivity contribution in [3.8, 4) is 0 Å². The van der Waals surface area contributed by atoms with Gasteiger partial charge in [-0.3, -0.25) is 4.90 Å². The van der Waals surface area contributed by atoms with Crippen LogP contribution in [0.15, 0.2) is 18.2 Å². The number of aromatic nitrogens is 1. The molecule has 2 aromatic rings. The van der Waals surface area contributed by atoms with Gasteiger partial charge in [0.1, 0.15) is 5.52 Å². The summed E-state index contributed by atoms with van der Waals surface area (Å²) in [6.45, 7) is 5.89. The van der Waals surface area contributed by atoms with E-state index in [1.807, 2.05) is 12.1 Å². The third kappa shape index (κ3) is 3.41. The number of rotatable bonds is 5. The first-order valence-electron chi connectivity index (χ1n) is 6.92. The van der Waals surface area contributed by atoms with E-state index in [1.54, 1.807) is 11.3 Å². The highest BCUT2D eigenvalue weighted by Gasteiger charge is 2.10. The van der Waals surface area contributed by atoms with E-state index in [1.165, 1.54) is 0 Å². The average Bonchev–Trinajstić information content (AvgIpc) is 2.89. The van der Waals surface area contributed by atoms with E-state index in [0.717, 1.165) is 66.2 Å². The van der Waals surface area contributed by atoms with E-state index in [2.05, 4.69) is 21.3 Å². The summed E-state index contributed by atoms with van der Waals surface area (Å²) in [6.07, 6.45) is 1.11. The molecule has 0 aliphatic carbocycles. The highest BCUT2D eigenvalue weighted by Crippen LogP contribution is 2.30. The Bertz CT molecular complexity index is 569. The predicted octanol–water partition coefficient (Wildman–Crippen LogP) is 3.08. The van der Waals surface area contributed by atoms with Crippen LogP contribution in [-0.2, 0) is 4.74 Å². The normalized spacial score (nSPS) is 16.6. The molecule has 0 amide bonds. The van der Waals surface area contributed by atoms with Gasteiger partial charge in [0.2, 0.25) is 0 Å². The number of ether oxygens (including phenoxy) is 1. The monoisotopic (exact) mass is 311 g/mol. The van der Waals surface area contributed by atoms with Gasteiger partial charge in [-0.05, 0) is 25.1 Å². The molecule has 1 aromatic heterocycles. The molecule has 108 valence electrons. The van der Waals surface area contributed by atoms with Crippen LogP contribution >= 0.6 is 22.9 Å². The highest BCUT2D eigenvalue weighted by atomic mass is 35.5. The molecule has 1 aromatic carbocycles. The zero-order chi connectivity index (χ0) is 13.8. The summed E-state index contributed by atoms with van der Waals surface area (Å²) < 4.78 is 6.47. The second-order valence-corrected chi connectivity index (χ2v) is 6.28. The first-order chi connectivity index (χ1) is 9.83. The van der Waals surface area contributed by atoms with Crippen molar-refractivity contribution in [1.82, 2.24) is 9.88 Å². The van der Waals surface area contributed by atoms with Crippen molar-refractivity contribution in [2.24, 2.45) is 0 Å². The van der Waals surface area contributed by atoms with E-state index < -0.39 is 0 Å². The van der Waals surface area contributed by atoms with Crippen LogP contribution in [0.3, 0.4) is 0 Å². The molecule has 0 radical (unpaired) electrons. The number of thiazole rings is 1. The summed E-state index contributed by atoms with van der Waals surface area (Å²) in [6, 6.07) is 5.90. The van der Waals surface area contributed by atoms with Gasteiger partial charge in [0, 0.05) is 19.6 Å². The molecule has 1 fully saturated rings. The number of hydrogen-bond acceptors (Lipinski definition) is 5. The maximum absolute atomic E-state index is 6.13. The van der Waals surface area contributed by atoms with Gasteiger partial charge < -0.3 is 10.1 Å². The topological polar surface area (TPSA) is 37.4 Å². The molecule has 1 aliphatic rings. The Morgan fingerprint density at radius 2 is 2.20 bits per heavy atom. The molecule has 4 nitrogen and oxygen atoms in total. The summed E-state index contributed by atoms with van der Waals surface area (Å²) in [5.74, 6) is 0. The Hall–Kier alpha value is -0.880. The quantitative estimate of drug-likeness (QED) is 0.861. The van der Waals surface area contributed by atoms with E-state index >= 15 is 0 Å². The Morgan fingerprint density at radius 3 is 3.00 bits per heavy atom. The van der Waals surface area contributed by atoms with Gasteiger partial charge in [-0.25, -0.2) is 4.98 Å². The first-order valence-corrected chi connectivity index (χ1v) is 8.11. The van der Waals surface area contributed by atoms with Crippen molar-refractivity contribution < 1.29 is 4.74 Å². The van der Waals surface area contributed by atoms with Crippen molar-refractivity contribution >= 4 is 38.3 Å². The van der Waals surface area contributed by atoms with Crippen LogP contribution in [0, 0.1) is 0 Å². The molecule has 3 rings (SSSR count). The minimum Gasteiger partial charge on any atom is -0.379 e. The van der Waals surface area contributed by atoms with Crippen molar-refractivity contribution in [3.05, 3.63) is 23.2 Å². The first kappa shape index (κ1) is 14.1. The van der Waals surface area contributed by atoms with Gasteiger partial charge in [0.15, 0.2) is 5.13 Å². The number of nitrogens with zero attached hydrogens (tertiary/aromatic N) is 2. The van der Waals surface area contributed by atoms with Crippen LogP contribution in [0.4, 0.5) is 5.13 Å². The van der Waals surface area contributed by atoms with Gasteiger partial charge in [-0.2, -0.15) is 0 Å². The molecule has 2 heterocycles. The molecule has 0 atom stereocenters. The molecule has 20 heavy (non-hydrogen) atoms. The number of benzene rings is 1. The standard InChI is InChI=1S/C14H18ClN3OS/c15-11-3-1-4-12-13(11)17-14(20-12)16-5-2-6-18-7-9-19-10-8-18/h1,3-4H,2,5-10H2,(H,16,17). The van der Waals surface area contributed by atoms with Gasteiger partial charge in [0.05, 0.1) is 22.9 Å². The molecular formula is C14H18ClN3OS. The van der Waals surface area contributed by atoms with Gasteiger partial charge in [-0.15, -0.1) is 0 Å². The molecular weight excluding hydrogens is 294 g/mol. The van der Waals surface area contributed by atoms with Crippen LogP contribution in [0.2, 0.25) is 5.02 Å². The van der Waals surface area contributed by atoms with E-state index in [0.29, 0.717) is 0 Å². The third-order valence-electron chi connectivity index (χ3n) is 3.40. The van der Waals surface area contributed by atoms with Crippen molar-refractivity contribution in [2.45, 2.75) is 6.42 Å². The summed E-state index contributed by atoms with van der Waals surface area (Å²) in [4.78, 5) is 6.98. The smallest absolute Gasteiger partial charge is 0.183 e. The van der Waals surface area contributed by atoms with Gasteiger partial charge in [0.25, 0.3) is 0 Å². The van der Waals surface area contributed by atoms with Crippen LogP contribution in [0.1, 0.15) is 6.42 Å². The number of morpholine rings is 1. The third-order valence-corrected chi connectivity index (χ3v) is 4.68. The summed E-state index contributed by atoms with van der Waals surface area (Å²) in [5.41, 5.74) is 0.898. The molecule has 1 aliphatic heterocycles. The zero-order valence-corrected chi connectivity index (χ0v) is 12.8. The predicted molar refractivity (Wildman–Crippen MR) is 85.0 cm³/mol. The molecule has 0 bridgehead atoms. The van der Waals surface area contributed by atoms with E-state index in [-0.39, 0.29) is 0 Å². The van der Waals surface area contributed by atoms with Gasteiger partial charge >= 0.3 is 0 Å². The largest absolute Gasteiger partial charge is 0.379 e. The number of hydrogen-bond donors (Lipinski definition) is 1. The minimum atomic E-state index is 0.722. The number of halogens is 1. The molecule has 0 spiro atoms. The number of fused-ring (bicyclic) bond motifs is 1. The Morgan fingerprint density at radius 1 is 1.35 bits per heavy atom. The fourth-order valence-corrected chi connectivity index (χ4v) is 3.50. The fraction of sp³-hybridized carbons (Fsp3) is 0.500. The second-order valence-electron chi connectivity index (χ2n) is 4.84. The molecule has 1 N–H and O–H groups in total.